The van der Waals surface area contributed by atoms with Crippen molar-refractivity contribution in [1.29, 1.82) is 0 Å². The Bertz CT molecular complexity index is 754. The highest BCUT2D eigenvalue weighted by Gasteiger charge is 2.29. The van der Waals surface area contributed by atoms with Gasteiger partial charge >= 0.3 is 6.09 Å². The predicted octanol–water partition coefficient (Wildman–Crippen LogP) is 3.79. The number of amides is 2. The molecule has 2 N–H and O–H groups in total. The molecule has 0 bridgehead atoms. The Morgan fingerprint density at radius 3 is 2.00 bits per heavy atom. The first-order valence-corrected chi connectivity index (χ1v) is 9.05. The molecule has 2 aromatic carbocycles. The molecule has 0 saturated carbocycles. The number of nitrogens with one attached hydrogen (secondary N) is 2. The van der Waals surface area contributed by atoms with Crippen LogP contribution in [0.2, 0.25) is 0 Å². The Hall–Kier alpha value is -2.82. The van der Waals surface area contributed by atoms with E-state index in [1.54, 1.807) is 20.8 Å². The van der Waals surface area contributed by atoms with E-state index in [9.17, 15) is 9.59 Å². The molecule has 0 aliphatic rings. The molecule has 5 heteroatoms. The van der Waals surface area contributed by atoms with Gasteiger partial charge in [0.15, 0.2) is 0 Å². The summed E-state index contributed by atoms with van der Waals surface area (Å²) in [7, 11) is 0. The topological polar surface area (TPSA) is 67.4 Å². The molecule has 2 aromatic rings. The monoisotopic (exact) mass is 369 g/mol. The molecular formula is C22H28N2O3. The molecule has 0 spiro atoms. The lowest BCUT2D eigenvalue weighted by Gasteiger charge is -2.32. The largest absolute Gasteiger partial charge is 0.444 e. The minimum atomic E-state index is -0.609. The van der Waals surface area contributed by atoms with E-state index in [-0.39, 0.29) is 12.5 Å². The lowest BCUT2D eigenvalue weighted by molar-refractivity contribution is -0.122. The van der Waals surface area contributed by atoms with Crippen molar-refractivity contribution in [3.05, 3.63) is 71.8 Å². The third kappa shape index (κ3) is 6.77. The highest BCUT2D eigenvalue weighted by molar-refractivity contribution is 5.83. The molecule has 5 nitrogen and oxygen atoms in total. The molecule has 1 atom stereocenters. The fourth-order valence-corrected chi connectivity index (χ4v) is 2.85. The maximum atomic E-state index is 12.5. The van der Waals surface area contributed by atoms with Gasteiger partial charge in [0.05, 0.1) is 5.54 Å². The van der Waals surface area contributed by atoms with Gasteiger partial charge in [-0.25, -0.2) is 4.79 Å². The van der Waals surface area contributed by atoms with Crippen molar-refractivity contribution in [2.75, 3.05) is 6.54 Å². The third-order valence-electron chi connectivity index (χ3n) is 4.02. The zero-order valence-corrected chi connectivity index (χ0v) is 16.4. The fourth-order valence-electron chi connectivity index (χ4n) is 2.85. The van der Waals surface area contributed by atoms with E-state index in [4.69, 9.17) is 4.74 Å². The van der Waals surface area contributed by atoms with Crippen LogP contribution >= 0.6 is 0 Å². The highest BCUT2D eigenvalue weighted by Crippen LogP contribution is 2.25. The fraction of sp³-hybridized carbons (Fsp3) is 0.364. The quantitative estimate of drug-likeness (QED) is 0.762. The van der Waals surface area contributed by atoms with Crippen LogP contribution in [0.4, 0.5) is 4.79 Å². The van der Waals surface area contributed by atoms with Gasteiger partial charge < -0.3 is 15.4 Å². The second-order valence-electron chi connectivity index (χ2n) is 7.76. The van der Waals surface area contributed by atoms with Gasteiger partial charge in [-0.2, -0.15) is 0 Å². The average molecular weight is 369 g/mol. The first-order chi connectivity index (χ1) is 12.7. The molecule has 0 aliphatic carbocycles. The van der Waals surface area contributed by atoms with Gasteiger partial charge in [-0.1, -0.05) is 60.7 Å². The Morgan fingerprint density at radius 2 is 1.44 bits per heavy atom. The van der Waals surface area contributed by atoms with Crippen LogP contribution in [0, 0.1) is 0 Å². The van der Waals surface area contributed by atoms with E-state index < -0.39 is 17.2 Å². The van der Waals surface area contributed by atoms with Gasteiger partial charge in [0.2, 0.25) is 5.91 Å². The zero-order valence-electron chi connectivity index (χ0n) is 16.4. The van der Waals surface area contributed by atoms with Crippen molar-refractivity contribution >= 4 is 12.0 Å². The van der Waals surface area contributed by atoms with Crippen molar-refractivity contribution in [3.63, 3.8) is 0 Å². The molecule has 2 rings (SSSR count). The van der Waals surface area contributed by atoms with Crippen molar-refractivity contribution in [2.24, 2.45) is 0 Å². The molecule has 0 heterocycles. The van der Waals surface area contributed by atoms with Crippen LogP contribution in [0.15, 0.2) is 60.7 Å². The van der Waals surface area contributed by atoms with E-state index in [1.165, 1.54) is 0 Å². The van der Waals surface area contributed by atoms with Crippen LogP contribution in [0.25, 0.3) is 0 Å². The van der Waals surface area contributed by atoms with Crippen LogP contribution in [0.5, 0.6) is 0 Å². The lowest BCUT2D eigenvalue weighted by atomic mass is 9.86. The molecule has 0 aromatic heterocycles. The van der Waals surface area contributed by atoms with Gasteiger partial charge in [0.1, 0.15) is 12.1 Å². The summed E-state index contributed by atoms with van der Waals surface area (Å²) in [5, 5.41) is 5.57. The van der Waals surface area contributed by atoms with Crippen molar-refractivity contribution in [3.8, 4) is 0 Å². The van der Waals surface area contributed by atoms with Crippen LogP contribution in [0.1, 0.15) is 38.8 Å². The molecule has 27 heavy (non-hydrogen) atoms. The van der Waals surface area contributed by atoms with E-state index in [1.807, 2.05) is 67.6 Å². The van der Waals surface area contributed by atoms with E-state index >= 15 is 0 Å². The summed E-state index contributed by atoms with van der Waals surface area (Å²) in [5.41, 5.74) is 0.908. The summed E-state index contributed by atoms with van der Waals surface area (Å²) in [6, 6.07) is 19.8. The molecule has 0 saturated heterocycles. The molecular weight excluding hydrogens is 341 g/mol. The standard InChI is InChI=1S/C22H28N2O3/c1-21(2,3)27-20(26)23-16-19(25)24-22(4,18-13-9-6-10-14-18)15-17-11-7-5-8-12-17/h5-14H,15-16H2,1-4H3,(H,23,26)(H,24,25)/i19+1. The van der Waals surface area contributed by atoms with Gasteiger partial charge in [0.25, 0.3) is 0 Å². The van der Waals surface area contributed by atoms with Gasteiger partial charge in [-0.05, 0) is 45.2 Å². The molecule has 0 radical (unpaired) electrons. The number of alkyl carbamates (subject to hydrolysis) is 1. The number of benzene rings is 2. The van der Waals surface area contributed by atoms with Gasteiger partial charge in [-0.3, -0.25) is 4.79 Å². The second-order valence-corrected chi connectivity index (χ2v) is 7.76. The van der Waals surface area contributed by atoms with E-state index in [0.29, 0.717) is 6.42 Å². The lowest BCUT2D eigenvalue weighted by Crippen LogP contribution is -2.49. The molecule has 144 valence electrons. The average Bonchev–Trinajstić information content (AvgIpc) is 2.60. The Balaban J connectivity index is 2.08. The first-order valence-electron chi connectivity index (χ1n) is 9.05. The van der Waals surface area contributed by atoms with Gasteiger partial charge in [-0.15, -0.1) is 0 Å². The zero-order chi connectivity index (χ0) is 19.9. The van der Waals surface area contributed by atoms with E-state index in [2.05, 4.69) is 10.6 Å². The minimum Gasteiger partial charge on any atom is -0.444 e. The van der Waals surface area contributed by atoms with Crippen LogP contribution in [0.3, 0.4) is 0 Å². The minimum absolute atomic E-state index is 0.147. The molecule has 0 fully saturated rings. The maximum absolute atomic E-state index is 12.5. The van der Waals surface area contributed by atoms with Crippen LogP contribution < -0.4 is 10.6 Å². The summed E-state index contributed by atoms with van der Waals surface area (Å²) in [5.74, 6) is -0.275. The normalized spacial score (nSPS) is 13.3. The third-order valence-corrected chi connectivity index (χ3v) is 4.02. The Morgan fingerprint density at radius 1 is 0.889 bits per heavy atom. The molecule has 2 amide bonds. The number of hydrogen-bond donors (Lipinski definition) is 2. The SMILES string of the molecule is CC(C)(C)OC(=O)NC[13C](=O)NC(C)(Cc1ccccc1)c1ccccc1. The Kier molecular flexibility index (Phi) is 6.61. The molecule has 0 aliphatic heterocycles. The number of hydrogen-bond acceptors (Lipinski definition) is 3. The van der Waals surface area contributed by atoms with E-state index in [0.717, 1.165) is 11.1 Å². The summed E-state index contributed by atoms with van der Waals surface area (Å²) in [6.07, 6.45) is 0.0258. The van der Waals surface area contributed by atoms with Crippen molar-refractivity contribution in [2.45, 2.75) is 45.3 Å². The van der Waals surface area contributed by atoms with Crippen molar-refractivity contribution in [1.82, 2.24) is 10.6 Å². The summed E-state index contributed by atoms with van der Waals surface area (Å²) < 4.78 is 5.17. The number of carbonyl (C=O) groups excluding carboxylic acids is 2. The highest BCUT2D eigenvalue weighted by atomic mass is 16.6. The smallest absolute Gasteiger partial charge is 0.408 e. The number of ether oxygens (including phenoxy) is 1. The van der Waals surface area contributed by atoms with Crippen LogP contribution in [-0.2, 0) is 21.5 Å². The molecule has 1 unspecified atom stereocenters. The summed E-state index contributed by atoms with van der Waals surface area (Å²) in [6.45, 7) is 7.17. The van der Waals surface area contributed by atoms with Crippen LogP contribution in [-0.4, -0.2) is 24.1 Å². The number of carbonyl (C=O) groups is 2. The maximum Gasteiger partial charge on any atom is 0.408 e. The van der Waals surface area contributed by atoms with Gasteiger partial charge in [0, 0.05) is 0 Å². The van der Waals surface area contributed by atoms with Crippen molar-refractivity contribution < 1.29 is 14.3 Å². The summed E-state index contributed by atoms with van der Waals surface area (Å²) in [4.78, 5) is 24.3. The predicted molar refractivity (Wildman–Crippen MR) is 106 cm³/mol. The first kappa shape index (κ1) is 20.5. The summed E-state index contributed by atoms with van der Waals surface area (Å²) >= 11 is 0. The number of rotatable bonds is 6. The Labute approximate surface area is 161 Å². The second kappa shape index (κ2) is 8.71.